The predicted octanol–water partition coefficient (Wildman–Crippen LogP) is 2.44. The number of para-hydroxylation sites is 1. The van der Waals surface area contributed by atoms with Gasteiger partial charge in [-0.15, -0.1) is 0 Å². The monoisotopic (exact) mass is 383 g/mol. The molecule has 0 heterocycles. The summed E-state index contributed by atoms with van der Waals surface area (Å²) in [6, 6.07) is 14.1. The molecule has 27 heavy (non-hydrogen) atoms. The Hall–Kier alpha value is -3.41. The smallest absolute Gasteiger partial charge is 0.266 e. The van der Waals surface area contributed by atoms with Crippen molar-refractivity contribution in [2.24, 2.45) is 5.14 Å². The number of sulfonamides is 1. The third-order valence-electron chi connectivity index (χ3n) is 3.38. The highest BCUT2D eigenvalue weighted by molar-refractivity contribution is 7.89. The number of nitrogens with one attached hydrogen (secondary N) is 1. The number of benzene rings is 2. The molecule has 0 aliphatic rings. The summed E-state index contributed by atoms with van der Waals surface area (Å²) in [6.45, 7) is 3.86. The average molecular weight is 383 g/mol. The van der Waals surface area contributed by atoms with Crippen LogP contribution in [-0.2, 0) is 14.8 Å². The van der Waals surface area contributed by atoms with Crippen LogP contribution in [0.3, 0.4) is 0 Å². The van der Waals surface area contributed by atoms with Crippen LogP contribution in [0, 0.1) is 11.3 Å². The second-order valence-corrected chi connectivity index (χ2v) is 6.89. The molecule has 0 aromatic heterocycles. The molecular formula is C19H17N3O4S. The summed E-state index contributed by atoms with van der Waals surface area (Å²) in [5, 5.41) is 16.9. The maximum absolute atomic E-state index is 12.4. The van der Waals surface area contributed by atoms with Crippen molar-refractivity contribution in [1.82, 2.24) is 0 Å². The number of nitrogens with two attached hydrogens (primary N) is 1. The van der Waals surface area contributed by atoms with Crippen molar-refractivity contribution >= 4 is 27.7 Å². The first-order valence-electron chi connectivity index (χ1n) is 7.74. The zero-order chi connectivity index (χ0) is 19.9. The molecule has 0 fully saturated rings. The Labute approximate surface area is 157 Å². The fourth-order valence-electron chi connectivity index (χ4n) is 2.11. The SMILES string of the molecule is C=CCOc1ccccc1C=C(C#N)C(=O)Nc1ccc(S(N)(=O)=O)cc1. The van der Waals surface area contributed by atoms with Crippen LogP contribution in [0.25, 0.3) is 6.08 Å². The second kappa shape index (κ2) is 8.80. The van der Waals surface area contributed by atoms with Gasteiger partial charge in [0.05, 0.1) is 4.90 Å². The van der Waals surface area contributed by atoms with Gasteiger partial charge in [0.25, 0.3) is 5.91 Å². The summed E-state index contributed by atoms with van der Waals surface area (Å²) in [5.41, 5.74) is 0.751. The van der Waals surface area contributed by atoms with Crippen LogP contribution in [0.1, 0.15) is 5.56 Å². The molecule has 0 saturated carbocycles. The van der Waals surface area contributed by atoms with Crippen LogP contribution < -0.4 is 15.2 Å². The van der Waals surface area contributed by atoms with E-state index in [1.807, 2.05) is 6.07 Å². The lowest BCUT2D eigenvalue weighted by molar-refractivity contribution is -0.112. The molecule has 0 aliphatic heterocycles. The normalized spacial score (nSPS) is 11.3. The van der Waals surface area contributed by atoms with E-state index in [9.17, 15) is 18.5 Å². The van der Waals surface area contributed by atoms with Gasteiger partial charge in [0.1, 0.15) is 24.0 Å². The zero-order valence-corrected chi connectivity index (χ0v) is 15.1. The Morgan fingerprint density at radius 1 is 1.22 bits per heavy atom. The Bertz CT molecular complexity index is 1020. The number of rotatable bonds is 7. The van der Waals surface area contributed by atoms with E-state index in [1.165, 1.54) is 30.3 Å². The van der Waals surface area contributed by atoms with Crippen LogP contribution in [0.4, 0.5) is 5.69 Å². The molecule has 3 N–H and O–H groups in total. The lowest BCUT2D eigenvalue weighted by atomic mass is 10.1. The average Bonchev–Trinajstić information content (AvgIpc) is 2.64. The van der Waals surface area contributed by atoms with Gasteiger partial charge in [-0.3, -0.25) is 4.79 Å². The van der Waals surface area contributed by atoms with Crippen molar-refractivity contribution in [2.45, 2.75) is 4.90 Å². The number of hydrogen-bond donors (Lipinski definition) is 2. The molecular weight excluding hydrogens is 366 g/mol. The van der Waals surface area contributed by atoms with Gasteiger partial charge in [0, 0.05) is 11.3 Å². The van der Waals surface area contributed by atoms with E-state index in [2.05, 4.69) is 11.9 Å². The number of amides is 1. The first-order valence-corrected chi connectivity index (χ1v) is 9.28. The Morgan fingerprint density at radius 2 is 1.89 bits per heavy atom. The van der Waals surface area contributed by atoms with Crippen LogP contribution in [-0.4, -0.2) is 20.9 Å². The first-order chi connectivity index (χ1) is 12.8. The van der Waals surface area contributed by atoms with Gasteiger partial charge in [-0.25, -0.2) is 13.6 Å². The summed E-state index contributed by atoms with van der Waals surface area (Å²) in [5.74, 6) is -0.130. The van der Waals surface area contributed by atoms with Gasteiger partial charge in [-0.2, -0.15) is 5.26 Å². The van der Waals surface area contributed by atoms with Crippen molar-refractivity contribution in [3.63, 3.8) is 0 Å². The number of anilines is 1. The highest BCUT2D eigenvalue weighted by Crippen LogP contribution is 2.22. The minimum atomic E-state index is -3.82. The van der Waals surface area contributed by atoms with Crippen LogP contribution in [0.5, 0.6) is 5.75 Å². The lowest BCUT2D eigenvalue weighted by Gasteiger charge is -2.08. The predicted molar refractivity (Wildman–Crippen MR) is 102 cm³/mol. The van der Waals surface area contributed by atoms with E-state index in [0.29, 0.717) is 17.0 Å². The molecule has 0 unspecified atom stereocenters. The summed E-state index contributed by atoms with van der Waals surface area (Å²) >= 11 is 0. The number of nitriles is 1. The van der Waals surface area contributed by atoms with Crippen molar-refractivity contribution in [2.75, 3.05) is 11.9 Å². The van der Waals surface area contributed by atoms with E-state index in [4.69, 9.17) is 9.88 Å². The highest BCUT2D eigenvalue weighted by atomic mass is 32.2. The third-order valence-corrected chi connectivity index (χ3v) is 4.31. The molecule has 2 aromatic rings. The van der Waals surface area contributed by atoms with Gasteiger partial charge in [-0.05, 0) is 36.4 Å². The summed E-state index contributed by atoms with van der Waals surface area (Å²) in [4.78, 5) is 12.3. The Morgan fingerprint density at radius 3 is 2.48 bits per heavy atom. The number of carbonyl (C=O) groups is 1. The molecule has 0 bridgehead atoms. The van der Waals surface area contributed by atoms with Gasteiger partial charge < -0.3 is 10.1 Å². The molecule has 0 atom stereocenters. The molecule has 2 aromatic carbocycles. The summed E-state index contributed by atoms with van der Waals surface area (Å²) in [6.07, 6.45) is 3.00. The first kappa shape index (κ1) is 19.9. The van der Waals surface area contributed by atoms with E-state index < -0.39 is 15.9 Å². The zero-order valence-electron chi connectivity index (χ0n) is 14.3. The number of hydrogen-bond acceptors (Lipinski definition) is 5. The van der Waals surface area contributed by atoms with Crippen molar-refractivity contribution < 1.29 is 17.9 Å². The Kier molecular flexibility index (Phi) is 6.49. The second-order valence-electron chi connectivity index (χ2n) is 5.33. The Balaban J connectivity index is 2.23. The fraction of sp³-hybridized carbons (Fsp3) is 0.0526. The van der Waals surface area contributed by atoms with Crippen LogP contribution in [0.15, 0.2) is 71.7 Å². The van der Waals surface area contributed by atoms with Crippen LogP contribution >= 0.6 is 0 Å². The topological polar surface area (TPSA) is 122 Å². The highest BCUT2D eigenvalue weighted by Gasteiger charge is 2.12. The molecule has 8 heteroatoms. The van der Waals surface area contributed by atoms with E-state index in [-0.39, 0.29) is 17.1 Å². The van der Waals surface area contributed by atoms with Gasteiger partial charge in [-0.1, -0.05) is 30.9 Å². The minimum absolute atomic E-state index is 0.0788. The molecule has 0 radical (unpaired) electrons. The van der Waals surface area contributed by atoms with Gasteiger partial charge in [0.2, 0.25) is 10.0 Å². The summed E-state index contributed by atoms with van der Waals surface area (Å²) < 4.78 is 28.0. The van der Waals surface area contributed by atoms with E-state index in [0.717, 1.165) is 0 Å². The van der Waals surface area contributed by atoms with E-state index >= 15 is 0 Å². The maximum Gasteiger partial charge on any atom is 0.266 e. The van der Waals surface area contributed by atoms with Crippen molar-refractivity contribution in [3.05, 3.63) is 72.3 Å². The molecule has 7 nitrogen and oxygen atoms in total. The van der Waals surface area contributed by atoms with Gasteiger partial charge >= 0.3 is 0 Å². The minimum Gasteiger partial charge on any atom is -0.489 e. The van der Waals surface area contributed by atoms with Gasteiger partial charge in [0.15, 0.2) is 0 Å². The molecule has 2 rings (SSSR count). The fourth-order valence-corrected chi connectivity index (χ4v) is 2.63. The molecule has 0 spiro atoms. The quantitative estimate of drug-likeness (QED) is 0.432. The molecule has 1 amide bonds. The largest absolute Gasteiger partial charge is 0.489 e. The van der Waals surface area contributed by atoms with Crippen molar-refractivity contribution in [3.8, 4) is 11.8 Å². The number of primary sulfonamides is 1. The van der Waals surface area contributed by atoms with Crippen molar-refractivity contribution in [1.29, 1.82) is 5.26 Å². The van der Waals surface area contributed by atoms with E-state index in [1.54, 1.807) is 30.3 Å². The third kappa shape index (κ3) is 5.54. The molecule has 138 valence electrons. The number of ether oxygens (including phenoxy) is 1. The maximum atomic E-state index is 12.4. The molecule has 0 aliphatic carbocycles. The number of nitrogens with zero attached hydrogens (tertiary/aromatic N) is 1. The summed E-state index contributed by atoms with van der Waals surface area (Å²) in [7, 11) is -3.82. The van der Waals surface area contributed by atoms with Crippen LogP contribution in [0.2, 0.25) is 0 Å². The molecule has 0 saturated heterocycles. The lowest BCUT2D eigenvalue weighted by Crippen LogP contribution is -2.14. The number of carbonyl (C=O) groups excluding carboxylic acids is 1. The standard InChI is InChI=1S/C19H17N3O4S/c1-2-11-26-18-6-4-3-5-14(18)12-15(13-20)19(23)22-16-7-9-17(10-8-16)27(21,24)25/h2-10,12H,1,11H2,(H,22,23)(H2,21,24,25).